The van der Waals surface area contributed by atoms with Gasteiger partial charge in [-0.15, -0.1) is 10.2 Å². The van der Waals surface area contributed by atoms with Crippen LogP contribution in [0.3, 0.4) is 0 Å². The van der Waals surface area contributed by atoms with Crippen LogP contribution in [-0.2, 0) is 0 Å². The number of aromatic nitrogens is 5. The van der Waals surface area contributed by atoms with E-state index in [9.17, 15) is 15.2 Å². The number of nitriles is 1. The first-order chi connectivity index (χ1) is 15.0. The van der Waals surface area contributed by atoms with Gasteiger partial charge in [-0.05, 0) is 48.9 Å². The Hall–Kier alpha value is -4.58. The van der Waals surface area contributed by atoms with E-state index in [1.54, 1.807) is 6.07 Å². The van der Waals surface area contributed by atoms with Crippen LogP contribution < -0.4 is 5.32 Å². The van der Waals surface area contributed by atoms with Gasteiger partial charge in [0.1, 0.15) is 11.6 Å². The molecule has 0 aliphatic rings. The van der Waals surface area contributed by atoms with Crippen LogP contribution in [0.4, 0.5) is 5.69 Å². The minimum Gasteiger partial charge on any atom is -0.478 e. The molecule has 2 aromatic heterocycles. The summed E-state index contributed by atoms with van der Waals surface area (Å²) in [7, 11) is 0. The third kappa shape index (κ3) is 3.95. The summed E-state index contributed by atoms with van der Waals surface area (Å²) >= 11 is 0. The number of rotatable bonds is 5. The third-order valence-electron chi connectivity index (χ3n) is 4.75. The van der Waals surface area contributed by atoms with Gasteiger partial charge < -0.3 is 10.4 Å². The number of carbonyl (C=O) groups is 1. The molecule has 4 rings (SSSR count). The quantitative estimate of drug-likeness (QED) is 0.422. The molecule has 0 atom stereocenters. The van der Waals surface area contributed by atoms with Gasteiger partial charge in [0.15, 0.2) is 0 Å². The lowest BCUT2D eigenvalue weighted by molar-refractivity contribution is 0.0699. The standard InChI is InChI=1S/C22H17N7O2/c1-12-7-13(2)20-17(8-12)18(22(30)31)9-19(25-20)14-3-5-16(6-4-14)24-11-15(10-23)21-26-28-29-27-21/h3-9,11,24H,1-2H3,(H,30,31)(H,26,27,28,29). The Balaban J connectivity index is 1.68. The summed E-state index contributed by atoms with van der Waals surface area (Å²) in [4.78, 5) is 16.6. The maximum absolute atomic E-state index is 11.9. The third-order valence-corrected chi connectivity index (χ3v) is 4.75. The molecular weight excluding hydrogens is 394 g/mol. The van der Waals surface area contributed by atoms with E-state index in [1.807, 2.05) is 56.3 Å². The minimum atomic E-state index is -0.993. The maximum Gasteiger partial charge on any atom is 0.336 e. The Morgan fingerprint density at radius 3 is 2.61 bits per heavy atom. The number of benzene rings is 2. The maximum atomic E-state index is 11.9. The number of nitrogens with one attached hydrogen (secondary N) is 2. The molecule has 0 saturated carbocycles. The first-order valence-electron chi connectivity index (χ1n) is 9.32. The Morgan fingerprint density at radius 1 is 1.19 bits per heavy atom. The second-order valence-electron chi connectivity index (χ2n) is 6.97. The van der Waals surface area contributed by atoms with E-state index < -0.39 is 5.97 Å². The second-order valence-corrected chi connectivity index (χ2v) is 6.97. The fourth-order valence-corrected chi connectivity index (χ4v) is 3.32. The summed E-state index contributed by atoms with van der Waals surface area (Å²) in [6, 6.07) is 14.7. The van der Waals surface area contributed by atoms with Gasteiger partial charge in [-0.2, -0.15) is 10.5 Å². The molecule has 0 aliphatic heterocycles. The van der Waals surface area contributed by atoms with Crippen molar-refractivity contribution in [2.24, 2.45) is 0 Å². The molecule has 0 saturated heterocycles. The van der Waals surface area contributed by atoms with Gasteiger partial charge >= 0.3 is 5.97 Å². The van der Waals surface area contributed by atoms with E-state index in [-0.39, 0.29) is 17.0 Å². The zero-order valence-corrected chi connectivity index (χ0v) is 16.7. The van der Waals surface area contributed by atoms with Crippen LogP contribution in [0.25, 0.3) is 27.7 Å². The number of carboxylic acids is 1. The summed E-state index contributed by atoms with van der Waals surface area (Å²) in [5.74, 6) is -0.800. The number of allylic oxidation sites excluding steroid dienone is 1. The molecule has 3 N–H and O–H groups in total. The molecule has 0 fully saturated rings. The van der Waals surface area contributed by atoms with Crippen molar-refractivity contribution in [3.8, 4) is 17.3 Å². The molecule has 0 spiro atoms. The molecule has 0 amide bonds. The number of nitrogens with zero attached hydrogens (tertiary/aromatic N) is 5. The number of fused-ring (bicyclic) bond motifs is 1. The molecule has 2 heterocycles. The van der Waals surface area contributed by atoms with Gasteiger partial charge in [0.05, 0.1) is 16.8 Å². The number of aromatic amines is 1. The summed E-state index contributed by atoms with van der Waals surface area (Å²) in [5.41, 5.74) is 5.11. The van der Waals surface area contributed by atoms with Gasteiger partial charge in [0.25, 0.3) is 0 Å². The lowest BCUT2D eigenvalue weighted by Gasteiger charge is -2.11. The van der Waals surface area contributed by atoms with E-state index >= 15 is 0 Å². The Kier molecular flexibility index (Phi) is 5.12. The molecule has 31 heavy (non-hydrogen) atoms. The average molecular weight is 411 g/mol. The zero-order valence-electron chi connectivity index (χ0n) is 16.7. The predicted molar refractivity (Wildman–Crippen MR) is 115 cm³/mol. The van der Waals surface area contributed by atoms with Gasteiger partial charge in [-0.3, -0.25) is 0 Å². The van der Waals surface area contributed by atoms with Gasteiger partial charge in [-0.25, -0.2) is 9.78 Å². The van der Waals surface area contributed by atoms with Crippen molar-refractivity contribution in [1.82, 2.24) is 25.6 Å². The van der Waals surface area contributed by atoms with Gasteiger partial charge in [0, 0.05) is 22.8 Å². The highest BCUT2D eigenvalue weighted by atomic mass is 16.4. The lowest BCUT2D eigenvalue weighted by atomic mass is 10.00. The minimum absolute atomic E-state index is 0.193. The molecule has 9 heteroatoms. The molecule has 9 nitrogen and oxygen atoms in total. The summed E-state index contributed by atoms with van der Waals surface area (Å²) in [6.45, 7) is 3.86. The van der Waals surface area contributed by atoms with Crippen molar-refractivity contribution in [2.45, 2.75) is 13.8 Å². The first-order valence-corrected chi connectivity index (χ1v) is 9.32. The van der Waals surface area contributed by atoms with Crippen LogP contribution in [0, 0.1) is 25.2 Å². The van der Waals surface area contributed by atoms with E-state index in [2.05, 4.69) is 25.9 Å². The monoisotopic (exact) mass is 411 g/mol. The van der Waals surface area contributed by atoms with Crippen molar-refractivity contribution in [2.75, 3.05) is 5.32 Å². The van der Waals surface area contributed by atoms with Crippen molar-refractivity contribution < 1.29 is 9.90 Å². The number of carboxylic acid groups (broad SMARTS) is 1. The fraction of sp³-hybridized carbons (Fsp3) is 0.0909. The molecule has 0 unspecified atom stereocenters. The normalized spacial score (nSPS) is 11.3. The van der Waals surface area contributed by atoms with E-state index in [0.717, 1.165) is 22.4 Å². The molecular formula is C22H17N7O2. The van der Waals surface area contributed by atoms with Crippen molar-refractivity contribution in [3.05, 3.63) is 71.2 Å². The van der Waals surface area contributed by atoms with E-state index in [1.165, 1.54) is 6.20 Å². The number of aromatic carboxylic acids is 1. The average Bonchev–Trinajstić information content (AvgIpc) is 3.28. The Morgan fingerprint density at radius 2 is 1.97 bits per heavy atom. The topological polar surface area (TPSA) is 140 Å². The fourth-order valence-electron chi connectivity index (χ4n) is 3.32. The van der Waals surface area contributed by atoms with Crippen LogP contribution in [0.1, 0.15) is 27.3 Å². The molecule has 0 bridgehead atoms. The highest BCUT2D eigenvalue weighted by Crippen LogP contribution is 2.28. The highest BCUT2D eigenvalue weighted by molar-refractivity contribution is 6.04. The predicted octanol–water partition coefficient (Wildman–Crippen LogP) is 3.71. The smallest absolute Gasteiger partial charge is 0.336 e. The number of H-pyrrole nitrogens is 1. The van der Waals surface area contributed by atoms with Crippen LogP contribution in [0.5, 0.6) is 0 Å². The van der Waals surface area contributed by atoms with Crippen molar-refractivity contribution in [1.29, 1.82) is 5.26 Å². The summed E-state index contributed by atoms with van der Waals surface area (Å²) in [5, 5.41) is 35.9. The summed E-state index contributed by atoms with van der Waals surface area (Å²) in [6.07, 6.45) is 1.49. The second kappa shape index (κ2) is 8.04. The lowest BCUT2D eigenvalue weighted by Crippen LogP contribution is -2.01. The Bertz CT molecular complexity index is 1350. The van der Waals surface area contributed by atoms with Crippen LogP contribution in [-0.4, -0.2) is 36.7 Å². The molecule has 2 aromatic carbocycles. The number of anilines is 1. The molecule has 4 aromatic rings. The number of tetrazole rings is 1. The van der Waals surface area contributed by atoms with E-state index in [4.69, 9.17) is 4.98 Å². The van der Waals surface area contributed by atoms with Gasteiger partial charge in [-0.1, -0.05) is 23.8 Å². The van der Waals surface area contributed by atoms with E-state index in [0.29, 0.717) is 16.6 Å². The largest absolute Gasteiger partial charge is 0.478 e. The summed E-state index contributed by atoms with van der Waals surface area (Å²) < 4.78 is 0. The van der Waals surface area contributed by atoms with Crippen LogP contribution in [0.2, 0.25) is 0 Å². The Labute approximate surface area is 177 Å². The number of hydrogen-bond acceptors (Lipinski definition) is 7. The molecule has 152 valence electrons. The highest BCUT2D eigenvalue weighted by Gasteiger charge is 2.15. The SMILES string of the molecule is Cc1cc(C)c2nc(-c3ccc(NC=C(C#N)c4nn[nH]n4)cc3)cc(C(=O)O)c2c1. The molecule has 0 aliphatic carbocycles. The number of pyridine rings is 1. The number of hydrogen-bond donors (Lipinski definition) is 3. The van der Waals surface area contributed by atoms with Crippen molar-refractivity contribution in [3.63, 3.8) is 0 Å². The van der Waals surface area contributed by atoms with Gasteiger partial charge in [0.2, 0.25) is 5.82 Å². The van der Waals surface area contributed by atoms with Crippen molar-refractivity contribution >= 4 is 28.1 Å². The number of aryl methyl sites for hydroxylation is 2. The molecule has 0 radical (unpaired) electrons. The van der Waals surface area contributed by atoms with Crippen LogP contribution in [0.15, 0.2) is 48.7 Å². The van der Waals surface area contributed by atoms with Crippen LogP contribution >= 0.6 is 0 Å². The zero-order chi connectivity index (χ0) is 22.0. The first kappa shape index (κ1) is 19.7.